The zero-order valence-corrected chi connectivity index (χ0v) is 10.3. The van der Waals surface area contributed by atoms with Gasteiger partial charge in [-0.15, -0.1) is 0 Å². The molecule has 0 aromatic heterocycles. The predicted octanol–water partition coefficient (Wildman–Crippen LogP) is 0.0808. The van der Waals surface area contributed by atoms with E-state index in [0.717, 1.165) is 0 Å². The van der Waals surface area contributed by atoms with E-state index in [1.54, 1.807) is 19.1 Å². The van der Waals surface area contributed by atoms with Crippen LogP contribution in [-0.4, -0.2) is 51.2 Å². The lowest BCUT2D eigenvalue weighted by Gasteiger charge is -2.15. The minimum atomic E-state index is -1.01. The van der Waals surface area contributed by atoms with E-state index >= 15 is 0 Å². The van der Waals surface area contributed by atoms with Gasteiger partial charge in [0.05, 0.1) is 17.1 Å². The van der Waals surface area contributed by atoms with Gasteiger partial charge in [0, 0.05) is 18.7 Å². The van der Waals surface area contributed by atoms with Crippen molar-refractivity contribution in [1.82, 2.24) is 4.90 Å². The first-order chi connectivity index (χ1) is 8.91. The van der Waals surface area contributed by atoms with Crippen LogP contribution in [0, 0.1) is 17.0 Å². The number of amides is 1. The fourth-order valence-corrected chi connectivity index (χ4v) is 2.18. The van der Waals surface area contributed by atoms with E-state index in [0.29, 0.717) is 5.56 Å². The van der Waals surface area contributed by atoms with Gasteiger partial charge in [-0.25, -0.2) is 0 Å². The lowest BCUT2D eigenvalue weighted by molar-refractivity contribution is -0.385. The first-order valence-corrected chi connectivity index (χ1v) is 5.81. The number of para-hydroxylation sites is 1. The molecule has 2 N–H and O–H groups in total. The van der Waals surface area contributed by atoms with Crippen molar-refractivity contribution in [2.75, 3.05) is 13.1 Å². The standard InChI is InChI=1S/C12H14N2O5/c1-7-3-2-4-8(11(7)14(18)19)12(17)13-5-9(15)10(16)6-13/h2-4,9-10,15-16H,5-6H2,1H3/t9-,10+. The van der Waals surface area contributed by atoms with Crippen molar-refractivity contribution in [3.63, 3.8) is 0 Å². The van der Waals surface area contributed by atoms with Gasteiger partial charge < -0.3 is 15.1 Å². The van der Waals surface area contributed by atoms with Gasteiger partial charge in [-0.1, -0.05) is 12.1 Å². The van der Waals surface area contributed by atoms with Crippen LogP contribution in [0.2, 0.25) is 0 Å². The van der Waals surface area contributed by atoms with Crippen LogP contribution in [-0.2, 0) is 0 Å². The third kappa shape index (κ3) is 2.42. The fourth-order valence-electron chi connectivity index (χ4n) is 2.18. The molecule has 0 aliphatic carbocycles. The molecule has 7 nitrogen and oxygen atoms in total. The van der Waals surface area contributed by atoms with Crippen molar-refractivity contribution in [1.29, 1.82) is 0 Å². The van der Waals surface area contributed by atoms with Crippen molar-refractivity contribution in [2.24, 2.45) is 0 Å². The molecule has 1 saturated heterocycles. The summed E-state index contributed by atoms with van der Waals surface area (Å²) in [5.41, 5.74) is 0.144. The highest BCUT2D eigenvalue weighted by Crippen LogP contribution is 2.25. The highest BCUT2D eigenvalue weighted by atomic mass is 16.6. The molecule has 1 aliphatic heterocycles. The molecule has 0 unspecified atom stereocenters. The Kier molecular flexibility index (Phi) is 3.50. The summed E-state index contributed by atoms with van der Waals surface area (Å²) >= 11 is 0. The average Bonchev–Trinajstić information content (AvgIpc) is 2.68. The number of aryl methyl sites for hydroxylation is 1. The normalized spacial score (nSPS) is 22.6. The molecular weight excluding hydrogens is 252 g/mol. The maximum atomic E-state index is 12.2. The van der Waals surface area contributed by atoms with Crippen molar-refractivity contribution < 1.29 is 19.9 Å². The predicted molar refractivity (Wildman–Crippen MR) is 65.8 cm³/mol. The van der Waals surface area contributed by atoms with Crippen molar-refractivity contribution in [3.8, 4) is 0 Å². The average molecular weight is 266 g/mol. The van der Waals surface area contributed by atoms with E-state index in [4.69, 9.17) is 0 Å². The van der Waals surface area contributed by atoms with Gasteiger partial charge in [-0.3, -0.25) is 14.9 Å². The third-order valence-electron chi connectivity index (χ3n) is 3.20. The van der Waals surface area contributed by atoms with Crippen molar-refractivity contribution in [3.05, 3.63) is 39.4 Å². The lowest BCUT2D eigenvalue weighted by atomic mass is 10.1. The summed E-state index contributed by atoms with van der Waals surface area (Å²) in [6.45, 7) is 1.51. The molecule has 1 amide bonds. The Bertz CT molecular complexity index is 521. The van der Waals surface area contributed by atoms with Crippen LogP contribution < -0.4 is 0 Å². The monoisotopic (exact) mass is 266 g/mol. The lowest BCUT2D eigenvalue weighted by Crippen LogP contribution is -2.30. The Labute approximate surface area is 109 Å². The minimum Gasteiger partial charge on any atom is -0.388 e. The maximum absolute atomic E-state index is 12.2. The van der Waals surface area contributed by atoms with Crippen LogP contribution in [0.3, 0.4) is 0 Å². The molecule has 1 heterocycles. The van der Waals surface area contributed by atoms with Gasteiger partial charge in [-0.05, 0) is 13.0 Å². The Morgan fingerprint density at radius 1 is 1.37 bits per heavy atom. The Morgan fingerprint density at radius 3 is 2.47 bits per heavy atom. The number of nitro benzene ring substituents is 1. The minimum absolute atomic E-state index is 0.0219. The van der Waals surface area contributed by atoms with E-state index in [1.807, 2.05) is 0 Å². The molecule has 2 atom stereocenters. The molecule has 102 valence electrons. The fraction of sp³-hybridized carbons (Fsp3) is 0.417. The number of likely N-dealkylation sites (tertiary alicyclic amines) is 1. The third-order valence-corrected chi connectivity index (χ3v) is 3.20. The molecule has 0 saturated carbocycles. The van der Waals surface area contributed by atoms with Crippen LogP contribution in [0.4, 0.5) is 5.69 Å². The van der Waals surface area contributed by atoms with Crippen LogP contribution in [0.5, 0.6) is 0 Å². The number of nitrogens with zero attached hydrogens (tertiary/aromatic N) is 2. The SMILES string of the molecule is Cc1cccc(C(=O)N2C[C@@H](O)[C@@H](O)C2)c1[N+](=O)[O-]. The molecule has 0 radical (unpaired) electrons. The van der Waals surface area contributed by atoms with E-state index in [9.17, 15) is 25.1 Å². The smallest absolute Gasteiger partial charge is 0.285 e. The molecule has 1 aromatic rings. The first-order valence-electron chi connectivity index (χ1n) is 5.81. The second-order valence-corrected chi connectivity index (χ2v) is 4.57. The van der Waals surface area contributed by atoms with Crippen molar-refractivity contribution in [2.45, 2.75) is 19.1 Å². The molecule has 2 rings (SSSR count). The van der Waals surface area contributed by atoms with E-state index < -0.39 is 23.0 Å². The number of carbonyl (C=O) groups excluding carboxylic acids is 1. The van der Waals surface area contributed by atoms with E-state index in [1.165, 1.54) is 11.0 Å². The zero-order valence-electron chi connectivity index (χ0n) is 10.3. The summed E-state index contributed by atoms with van der Waals surface area (Å²) in [6.07, 6.45) is -2.01. The molecular formula is C12H14N2O5. The maximum Gasteiger partial charge on any atom is 0.285 e. The highest BCUT2D eigenvalue weighted by molar-refractivity contribution is 5.98. The quantitative estimate of drug-likeness (QED) is 0.582. The summed E-state index contributed by atoms with van der Waals surface area (Å²) in [7, 11) is 0. The summed E-state index contributed by atoms with van der Waals surface area (Å²) in [5, 5.41) is 29.9. The number of hydrogen-bond donors (Lipinski definition) is 2. The van der Waals surface area contributed by atoms with Crippen LogP contribution in [0.25, 0.3) is 0 Å². The Balaban J connectivity index is 2.35. The zero-order chi connectivity index (χ0) is 14.2. The van der Waals surface area contributed by atoms with Crippen LogP contribution >= 0.6 is 0 Å². The van der Waals surface area contributed by atoms with Gasteiger partial charge in [0.2, 0.25) is 0 Å². The van der Waals surface area contributed by atoms with Gasteiger partial charge in [0.25, 0.3) is 11.6 Å². The molecule has 19 heavy (non-hydrogen) atoms. The Morgan fingerprint density at radius 2 is 1.95 bits per heavy atom. The number of carbonyl (C=O) groups is 1. The van der Waals surface area contributed by atoms with Crippen LogP contribution in [0.15, 0.2) is 18.2 Å². The number of nitro groups is 1. The van der Waals surface area contributed by atoms with Crippen molar-refractivity contribution >= 4 is 11.6 Å². The van der Waals surface area contributed by atoms with Gasteiger partial charge >= 0.3 is 0 Å². The second kappa shape index (κ2) is 4.94. The van der Waals surface area contributed by atoms with Gasteiger partial charge in [0.15, 0.2) is 0 Å². The second-order valence-electron chi connectivity index (χ2n) is 4.57. The van der Waals surface area contributed by atoms with E-state index in [-0.39, 0.29) is 24.3 Å². The van der Waals surface area contributed by atoms with Crippen LogP contribution in [0.1, 0.15) is 15.9 Å². The summed E-state index contributed by atoms with van der Waals surface area (Å²) < 4.78 is 0. The first kappa shape index (κ1) is 13.4. The molecule has 1 aromatic carbocycles. The summed E-state index contributed by atoms with van der Waals surface area (Å²) in [4.78, 5) is 23.9. The number of hydrogen-bond acceptors (Lipinski definition) is 5. The summed E-state index contributed by atoms with van der Waals surface area (Å²) in [5.74, 6) is -0.550. The van der Waals surface area contributed by atoms with Gasteiger partial charge in [0.1, 0.15) is 5.56 Å². The van der Waals surface area contributed by atoms with Gasteiger partial charge in [-0.2, -0.15) is 0 Å². The number of aliphatic hydroxyl groups is 2. The summed E-state index contributed by atoms with van der Waals surface area (Å²) in [6, 6.07) is 4.51. The molecule has 0 spiro atoms. The molecule has 7 heteroatoms. The van der Waals surface area contributed by atoms with E-state index in [2.05, 4.69) is 0 Å². The number of rotatable bonds is 2. The molecule has 0 bridgehead atoms. The largest absolute Gasteiger partial charge is 0.388 e. The topological polar surface area (TPSA) is 104 Å². The number of benzene rings is 1. The molecule has 1 fully saturated rings. The Hall–Kier alpha value is -1.99. The number of aliphatic hydroxyl groups excluding tert-OH is 2. The highest BCUT2D eigenvalue weighted by Gasteiger charge is 2.35. The number of β-amino-alcohol motifs (C(OH)–C–C–N with tert-alkyl or cyclic N) is 2. The molecule has 1 aliphatic rings.